The van der Waals surface area contributed by atoms with E-state index in [1.165, 1.54) is 16.8 Å². The fraction of sp³-hybridized carbons (Fsp3) is 0.333. The number of carbonyl (C=O) groups excluding carboxylic acids is 1. The van der Waals surface area contributed by atoms with Crippen molar-refractivity contribution in [2.24, 2.45) is 0 Å². The standard InChI is InChI=1S/C15H19N5O3.ClH/c1-2-7-16-8-9-17-15(21)14-6-10-19(18-14)12-4-3-5-13(11-12)20(22)23;/h3-6,10-11,16H,2,7-9H2,1H3,(H,17,21);1H. The summed E-state index contributed by atoms with van der Waals surface area (Å²) in [6.45, 7) is 4.21. The first-order valence-corrected chi connectivity index (χ1v) is 7.41. The molecule has 1 aromatic heterocycles. The summed E-state index contributed by atoms with van der Waals surface area (Å²) in [5.74, 6) is -0.271. The maximum absolute atomic E-state index is 12.0. The molecule has 0 fully saturated rings. The lowest BCUT2D eigenvalue weighted by molar-refractivity contribution is -0.384. The van der Waals surface area contributed by atoms with Crippen LogP contribution in [0.2, 0.25) is 0 Å². The number of nitro groups is 1. The number of nitrogens with one attached hydrogen (secondary N) is 2. The van der Waals surface area contributed by atoms with Gasteiger partial charge in [0.2, 0.25) is 0 Å². The zero-order valence-electron chi connectivity index (χ0n) is 13.3. The number of aromatic nitrogens is 2. The van der Waals surface area contributed by atoms with Crippen molar-refractivity contribution in [1.82, 2.24) is 20.4 Å². The van der Waals surface area contributed by atoms with Gasteiger partial charge in [0.15, 0.2) is 5.69 Å². The zero-order chi connectivity index (χ0) is 16.7. The van der Waals surface area contributed by atoms with Gasteiger partial charge in [-0.05, 0) is 25.1 Å². The summed E-state index contributed by atoms with van der Waals surface area (Å²) in [7, 11) is 0. The summed E-state index contributed by atoms with van der Waals surface area (Å²) in [5, 5.41) is 20.9. The summed E-state index contributed by atoms with van der Waals surface area (Å²) in [6, 6.07) is 7.66. The maximum Gasteiger partial charge on any atom is 0.271 e. The van der Waals surface area contributed by atoms with Gasteiger partial charge in [-0.2, -0.15) is 5.10 Å². The second-order valence-corrected chi connectivity index (χ2v) is 4.93. The number of carbonyl (C=O) groups is 1. The molecule has 2 N–H and O–H groups in total. The summed E-state index contributed by atoms with van der Waals surface area (Å²) in [4.78, 5) is 22.3. The third-order valence-corrected chi connectivity index (χ3v) is 3.14. The number of rotatable bonds is 8. The Kier molecular flexibility index (Phi) is 7.87. The lowest BCUT2D eigenvalue weighted by Crippen LogP contribution is -2.32. The highest BCUT2D eigenvalue weighted by Gasteiger charge is 2.11. The largest absolute Gasteiger partial charge is 0.349 e. The lowest BCUT2D eigenvalue weighted by atomic mass is 10.3. The molecule has 0 atom stereocenters. The van der Waals surface area contributed by atoms with E-state index in [0.29, 0.717) is 18.8 Å². The second-order valence-electron chi connectivity index (χ2n) is 4.93. The predicted molar refractivity (Wildman–Crippen MR) is 93.0 cm³/mol. The van der Waals surface area contributed by atoms with Gasteiger partial charge in [0.05, 0.1) is 10.6 Å². The first kappa shape index (κ1) is 19.6. The molecule has 0 bridgehead atoms. The molecule has 0 radical (unpaired) electrons. The SMILES string of the molecule is CCCNCCNC(=O)c1ccn(-c2cccc([N+](=O)[O-])c2)n1.Cl. The first-order valence-electron chi connectivity index (χ1n) is 7.41. The van der Waals surface area contributed by atoms with Crippen molar-refractivity contribution in [2.75, 3.05) is 19.6 Å². The molecule has 1 heterocycles. The van der Waals surface area contributed by atoms with Crippen molar-refractivity contribution in [3.8, 4) is 5.69 Å². The van der Waals surface area contributed by atoms with Crippen LogP contribution < -0.4 is 10.6 Å². The van der Waals surface area contributed by atoms with E-state index in [4.69, 9.17) is 0 Å². The summed E-state index contributed by atoms with van der Waals surface area (Å²) >= 11 is 0. The molecule has 1 aromatic carbocycles. The van der Waals surface area contributed by atoms with E-state index in [-0.39, 0.29) is 29.7 Å². The molecule has 0 aliphatic rings. The Morgan fingerprint density at radius 3 is 2.79 bits per heavy atom. The van der Waals surface area contributed by atoms with Crippen LogP contribution in [0.4, 0.5) is 5.69 Å². The van der Waals surface area contributed by atoms with E-state index in [1.807, 2.05) is 0 Å². The van der Waals surface area contributed by atoms with Gasteiger partial charge in [-0.3, -0.25) is 14.9 Å². The van der Waals surface area contributed by atoms with Crippen LogP contribution in [0.15, 0.2) is 36.5 Å². The molecule has 0 saturated heterocycles. The number of hydrogen-bond donors (Lipinski definition) is 2. The molecule has 2 rings (SSSR count). The molecule has 24 heavy (non-hydrogen) atoms. The number of halogens is 1. The van der Waals surface area contributed by atoms with Gasteiger partial charge in [0.1, 0.15) is 0 Å². The van der Waals surface area contributed by atoms with Crippen molar-refractivity contribution in [2.45, 2.75) is 13.3 Å². The second kappa shape index (κ2) is 9.64. The third kappa shape index (κ3) is 5.32. The van der Waals surface area contributed by atoms with Crippen molar-refractivity contribution in [3.63, 3.8) is 0 Å². The Morgan fingerprint density at radius 2 is 2.08 bits per heavy atom. The number of nitrogens with zero attached hydrogens (tertiary/aromatic N) is 3. The summed E-state index contributed by atoms with van der Waals surface area (Å²) in [6.07, 6.45) is 2.64. The minimum Gasteiger partial charge on any atom is -0.349 e. The molecule has 8 nitrogen and oxygen atoms in total. The lowest BCUT2D eigenvalue weighted by Gasteiger charge is -2.04. The van der Waals surface area contributed by atoms with Gasteiger partial charge in [0, 0.05) is 31.4 Å². The molecule has 1 amide bonds. The number of hydrogen-bond acceptors (Lipinski definition) is 5. The Hall–Kier alpha value is -2.45. The Bertz CT molecular complexity index is 689. The Balaban J connectivity index is 0.00000288. The van der Waals surface area contributed by atoms with Gasteiger partial charge in [0.25, 0.3) is 11.6 Å². The van der Waals surface area contributed by atoms with Crippen molar-refractivity contribution < 1.29 is 9.72 Å². The minimum absolute atomic E-state index is 0. The molecule has 0 spiro atoms. The molecular weight excluding hydrogens is 334 g/mol. The number of non-ortho nitro benzene ring substituents is 1. The van der Waals surface area contributed by atoms with E-state index in [0.717, 1.165) is 13.0 Å². The quantitative estimate of drug-likeness (QED) is 0.429. The topological polar surface area (TPSA) is 102 Å². The maximum atomic E-state index is 12.0. The monoisotopic (exact) mass is 353 g/mol. The molecule has 130 valence electrons. The van der Waals surface area contributed by atoms with Crippen LogP contribution in [0, 0.1) is 10.1 Å². The fourth-order valence-corrected chi connectivity index (χ4v) is 1.99. The number of benzene rings is 1. The summed E-state index contributed by atoms with van der Waals surface area (Å²) in [5.41, 5.74) is 0.779. The van der Waals surface area contributed by atoms with Gasteiger partial charge in [-0.15, -0.1) is 12.4 Å². The van der Waals surface area contributed by atoms with E-state index in [2.05, 4.69) is 22.7 Å². The van der Waals surface area contributed by atoms with Crippen LogP contribution in [-0.4, -0.2) is 40.2 Å². The molecule has 9 heteroatoms. The Labute approximate surface area is 145 Å². The van der Waals surface area contributed by atoms with Crippen LogP contribution in [0.3, 0.4) is 0 Å². The van der Waals surface area contributed by atoms with Crippen LogP contribution in [0.25, 0.3) is 5.69 Å². The number of amides is 1. The molecule has 2 aromatic rings. The molecule has 0 unspecified atom stereocenters. The molecular formula is C15H20ClN5O3. The van der Waals surface area contributed by atoms with Crippen LogP contribution >= 0.6 is 12.4 Å². The van der Waals surface area contributed by atoms with E-state index < -0.39 is 4.92 Å². The van der Waals surface area contributed by atoms with Gasteiger partial charge < -0.3 is 10.6 Å². The highest BCUT2D eigenvalue weighted by Crippen LogP contribution is 2.16. The van der Waals surface area contributed by atoms with Crippen molar-refractivity contribution >= 4 is 24.0 Å². The average Bonchev–Trinajstić information content (AvgIpc) is 3.04. The van der Waals surface area contributed by atoms with Crippen LogP contribution in [0.1, 0.15) is 23.8 Å². The average molecular weight is 354 g/mol. The highest BCUT2D eigenvalue weighted by molar-refractivity contribution is 5.92. The van der Waals surface area contributed by atoms with Crippen LogP contribution in [-0.2, 0) is 0 Å². The van der Waals surface area contributed by atoms with E-state index in [1.54, 1.807) is 24.4 Å². The van der Waals surface area contributed by atoms with Gasteiger partial charge in [-0.25, -0.2) is 4.68 Å². The highest BCUT2D eigenvalue weighted by atomic mass is 35.5. The van der Waals surface area contributed by atoms with Crippen molar-refractivity contribution in [3.05, 3.63) is 52.3 Å². The normalized spacial score (nSPS) is 10.0. The number of nitro benzene ring substituents is 1. The van der Waals surface area contributed by atoms with E-state index in [9.17, 15) is 14.9 Å². The predicted octanol–water partition coefficient (Wildman–Crippen LogP) is 1.93. The van der Waals surface area contributed by atoms with Gasteiger partial charge >= 0.3 is 0 Å². The Morgan fingerprint density at radius 1 is 1.29 bits per heavy atom. The smallest absolute Gasteiger partial charge is 0.271 e. The van der Waals surface area contributed by atoms with Crippen LogP contribution in [0.5, 0.6) is 0 Å². The van der Waals surface area contributed by atoms with Crippen molar-refractivity contribution in [1.29, 1.82) is 0 Å². The summed E-state index contributed by atoms with van der Waals surface area (Å²) < 4.78 is 1.44. The molecule has 0 aliphatic carbocycles. The fourth-order valence-electron chi connectivity index (χ4n) is 1.99. The molecule has 0 saturated carbocycles. The third-order valence-electron chi connectivity index (χ3n) is 3.14. The zero-order valence-corrected chi connectivity index (χ0v) is 14.1. The first-order chi connectivity index (χ1) is 11.1. The van der Waals surface area contributed by atoms with E-state index >= 15 is 0 Å². The molecule has 0 aliphatic heterocycles. The minimum atomic E-state index is -0.468. The van der Waals surface area contributed by atoms with Gasteiger partial charge in [-0.1, -0.05) is 13.0 Å².